The van der Waals surface area contributed by atoms with Crippen LogP contribution in [0.3, 0.4) is 0 Å². The molecule has 0 amide bonds. The van der Waals surface area contributed by atoms with Crippen LogP contribution in [0.15, 0.2) is 22.7 Å². The summed E-state index contributed by atoms with van der Waals surface area (Å²) < 4.78 is 1.04. The monoisotopic (exact) mass is 287 g/mol. The maximum absolute atomic E-state index is 5.89. The highest BCUT2D eigenvalue weighted by Gasteiger charge is 2.23. The summed E-state index contributed by atoms with van der Waals surface area (Å²) in [5, 5.41) is 4.27. The van der Waals surface area contributed by atoms with Crippen LogP contribution in [-0.2, 0) is 0 Å². The zero-order valence-electron chi connectivity index (χ0n) is 8.76. The van der Waals surface area contributed by atoms with Gasteiger partial charge in [0.1, 0.15) is 0 Å². The molecule has 0 spiro atoms. The molecule has 0 saturated heterocycles. The van der Waals surface area contributed by atoms with Crippen molar-refractivity contribution >= 4 is 33.2 Å². The van der Waals surface area contributed by atoms with Gasteiger partial charge in [-0.3, -0.25) is 0 Å². The van der Waals surface area contributed by atoms with Gasteiger partial charge in [-0.1, -0.05) is 24.4 Å². The molecule has 0 aliphatic heterocycles. The molecule has 15 heavy (non-hydrogen) atoms. The van der Waals surface area contributed by atoms with Crippen molar-refractivity contribution in [3.05, 3.63) is 27.7 Å². The van der Waals surface area contributed by atoms with E-state index in [9.17, 15) is 0 Å². The molecule has 1 fully saturated rings. The summed E-state index contributed by atoms with van der Waals surface area (Å²) in [4.78, 5) is 0. The highest BCUT2D eigenvalue weighted by molar-refractivity contribution is 9.10. The van der Waals surface area contributed by atoms with E-state index in [2.05, 4.69) is 28.2 Å². The van der Waals surface area contributed by atoms with Crippen molar-refractivity contribution in [2.24, 2.45) is 5.92 Å². The van der Waals surface area contributed by atoms with E-state index in [1.54, 1.807) is 0 Å². The van der Waals surface area contributed by atoms with Crippen molar-refractivity contribution < 1.29 is 0 Å². The second kappa shape index (κ2) is 4.75. The molecule has 1 nitrogen and oxygen atoms in total. The van der Waals surface area contributed by atoms with Crippen LogP contribution in [0.4, 0.5) is 5.69 Å². The lowest BCUT2D eigenvalue weighted by Gasteiger charge is -2.16. The van der Waals surface area contributed by atoms with Gasteiger partial charge in [0.15, 0.2) is 0 Å². The highest BCUT2D eigenvalue weighted by Crippen LogP contribution is 2.35. The first-order valence-corrected chi connectivity index (χ1v) is 6.54. The Balaban J connectivity index is 1.96. The Bertz CT molecular complexity index is 349. The topological polar surface area (TPSA) is 12.0 Å². The van der Waals surface area contributed by atoms with Gasteiger partial charge in [-0.05, 0) is 53.4 Å². The van der Waals surface area contributed by atoms with Crippen LogP contribution < -0.4 is 5.32 Å². The maximum Gasteiger partial charge on any atom is 0.0487 e. The molecule has 2 rings (SSSR count). The van der Waals surface area contributed by atoms with Gasteiger partial charge < -0.3 is 5.32 Å². The minimum Gasteiger partial charge on any atom is -0.382 e. The van der Waals surface area contributed by atoms with Crippen molar-refractivity contribution in [3.8, 4) is 0 Å². The van der Waals surface area contributed by atoms with E-state index in [4.69, 9.17) is 11.6 Å². The molecule has 3 heteroatoms. The van der Waals surface area contributed by atoms with E-state index in [0.717, 1.165) is 21.1 Å². The van der Waals surface area contributed by atoms with Crippen molar-refractivity contribution in [1.29, 1.82) is 0 Å². The van der Waals surface area contributed by atoms with Gasteiger partial charge in [0.05, 0.1) is 0 Å². The van der Waals surface area contributed by atoms with E-state index in [-0.39, 0.29) is 0 Å². The highest BCUT2D eigenvalue weighted by atomic mass is 79.9. The zero-order chi connectivity index (χ0) is 10.8. The average molecular weight is 289 g/mol. The molecule has 1 aromatic carbocycles. The standard InChI is InChI=1S/C12H15BrClN/c1-8(6-9-2-3-9)15-12-5-4-10(14)7-11(12)13/h4-5,7-9,15H,2-3,6H2,1H3. The molecule has 0 heterocycles. The number of rotatable bonds is 4. The van der Waals surface area contributed by atoms with Crippen molar-refractivity contribution in [3.63, 3.8) is 0 Å². The predicted octanol–water partition coefficient (Wildman–Crippen LogP) is 4.70. The Labute approximate surface area is 104 Å². The summed E-state index contributed by atoms with van der Waals surface area (Å²) >= 11 is 9.40. The normalized spacial score (nSPS) is 17.5. The average Bonchev–Trinajstić information content (AvgIpc) is 2.94. The largest absolute Gasteiger partial charge is 0.382 e. The first-order valence-electron chi connectivity index (χ1n) is 5.37. The molecular weight excluding hydrogens is 273 g/mol. The Kier molecular flexibility index (Phi) is 3.57. The van der Waals surface area contributed by atoms with Gasteiger partial charge in [-0.25, -0.2) is 0 Å². The van der Waals surface area contributed by atoms with Gasteiger partial charge in [-0.2, -0.15) is 0 Å². The van der Waals surface area contributed by atoms with E-state index < -0.39 is 0 Å². The number of hydrogen-bond donors (Lipinski definition) is 1. The molecule has 1 unspecified atom stereocenters. The molecule has 1 aliphatic rings. The van der Waals surface area contributed by atoms with Crippen LogP contribution >= 0.6 is 27.5 Å². The van der Waals surface area contributed by atoms with Crippen molar-refractivity contribution in [1.82, 2.24) is 0 Å². The Hall–Kier alpha value is -0.210. The first kappa shape index (κ1) is 11.3. The fourth-order valence-electron chi connectivity index (χ4n) is 1.78. The fourth-order valence-corrected chi connectivity index (χ4v) is 2.58. The SMILES string of the molecule is CC(CC1CC1)Nc1ccc(Cl)cc1Br. The lowest BCUT2D eigenvalue weighted by atomic mass is 10.1. The smallest absolute Gasteiger partial charge is 0.0487 e. The van der Waals surface area contributed by atoms with Crippen LogP contribution in [0.2, 0.25) is 5.02 Å². The maximum atomic E-state index is 5.89. The summed E-state index contributed by atoms with van der Waals surface area (Å²) in [7, 11) is 0. The second-order valence-electron chi connectivity index (χ2n) is 4.35. The van der Waals surface area contributed by atoms with Crippen molar-refractivity contribution in [2.75, 3.05) is 5.32 Å². The van der Waals surface area contributed by atoms with Gasteiger partial charge in [0.2, 0.25) is 0 Å². The van der Waals surface area contributed by atoms with E-state index in [0.29, 0.717) is 6.04 Å². The third-order valence-electron chi connectivity index (χ3n) is 2.72. The van der Waals surface area contributed by atoms with Gasteiger partial charge in [0, 0.05) is 21.2 Å². The Morgan fingerprint density at radius 3 is 2.87 bits per heavy atom. The molecule has 1 aliphatic carbocycles. The number of anilines is 1. The number of hydrogen-bond acceptors (Lipinski definition) is 1. The van der Waals surface area contributed by atoms with Crippen LogP contribution in [0.25, 0.3) is 0 Å². The van der Waals surface area contributed by atoms with Crippen LogP contribution in [0.5, 0.6) is 0 Å². The Morgan fingerprint density at radius 1 is 1.53 bits per heavy atom. The summed E-state index contributed by atoms with van der Waals surface area (Å²) in [6.07, 6.45) is 4.09. The Morgan fingerprint density at radius 2 is 2.27 bits per heavy atom. The van der Waals surface area contributed by atoms with Crippen LogP contribution in [0.1, 0.15) is 26.2 Å². The molecular formula is C12H15BrClN. The lowest BCUT2D eigenvalue weighted by Crippen LogP contribution is -2.15. The van der Waals surface area contributed by atoms with Gasteiger partial charge in [0.25, 0.3) is 0 Å². The van der Waals surface area contributed by atoms with E-state index >= 15 is 0 Å². The number of benzene rings is 1. The molecule has 1 N–H and O–H groups in total. The summed E-state index contributed by atoms with van der Waals surface area (Å²) in [6.45, 7) is 2.24. The quantitative estimate of drug-likeness (QED) is 0.846. The van der Waals surface area contributed by atoms with Gasteiger partial charge in [-0.15, -0.1) is 0 Å². The summed E-state index contributed by atoms with van der Waals surface area (Å²) in [5.41, 5.74) is 1.13. The van der Waals surface area contributed by atoms with E-state index in [1.807, 2.05) is 18.2 Å². The third kappa shape index (κ3) is 3.39. The first-order chi connectivity index (χ1) is 7.15. The summed E-state index contributed by atoms with van der Waals surface area (Å²) in [5.74, 6) is 0.957. The molecule has 0 bridgehead atoms. The van der Waals surface area contributed by atoms with Crippen LogP contribution in [0, 0.1) is 5.92 Å². The lowest BCUT2D eigenvalue weighted by molar-refractivity contribution is 0.642. The molecule has 1 aromatic rings. The third-order valence-corrected chi connectivity index (χ3v) is 3.61. The number of halogens is 2. The fraction of sp³-hybridized carbons (Fsp3) is 0.500. The second-order valence-corrected chi connectivity index (χ2v) is 5.64. The zero-order valence-corrected chi connectivity index (χ0v) is 11.1. The predicted molar refractivity (Wildman–Crippen MR) is 69.6 cm³/mol. The molecule has 0 aromatic heterocycles. The van der Waals surface area contributed by atoms with Crippen molar-refractivity contribution in [2.45, 2.75) is 32.2 Å². The molecule has 0 radical (unpaired) electrons. The van der Waals surface area contributed by atoms with Crippen LogP contribution in [-0.4, -0.2) is 6.04 Å². The molecule has 1 saturated carbocycles. The molecule has 82 valence electrons. The minimum atomic E-state index is 0.537. The van der Waals surface area contributed by atoms with E-state index in [1.165, 1.54) is 19.3 Å². The molecule has 1 atom stereocenters. The van der Waals surface area contributed by atoms with Gasteiger partial charge >= 0.3 is 0 Å². The number of nitrogens with one attached hydrogen (secondary N) is 1. The minimum absolute atomic E-state index is 0.537. The summed E-state index contributed by atoms with van der Waals surface area (Å²) in [6, 6.07) is 6.40.